The summed E-state index contributed by atoms with van der Waals surface area (Å²) in [6.45, 7) is 2.77. The van der Waals surface area contributed by atoms with Crippen LogP contribution in [0, 0.1) is 0 Å². The normalized spacial score (nSPS) is 15.7. The molecule has 0 radical (unpaired) electrons. The Kier molecular flexibility index (Phi) is 4.50. The first-order chi connectivity index (χ1) is 9.08. The van der Waals surface area contributed by atoms with Crippen molar-refractivity contribution in [1.29, 1.82) is 0 Å². The zero-order valence-electron chi connectivity index (χ0n) is 10.5. The predicted molar refractivity (Wildman–Crippen MR) is 68.9 cm³/mol. The fraction of sp³-hybridized carbons (Fsp3) is 0.462. The molecule has 0 saturated heterocycles. The first-order valence-corrected chi connectivity index (χ1v) is 6.38. The summed E-state index contributed by atoms with van der Waals surface area (Å²) in [5, 5.41) is 9.19. The second-order valence-electron chi connectivity index (χ2n) is 4.25. The highest BCUT2D eigenvalue weighted by molar-refractivity contribution is 6.32. The van der Waals surface area contributed by atoms with Gasteiger partial charge in [-0.25, -0.2) is 4.79 Å². The van der Waals surface area contributed by atoms with Crippen molar-refractivity contribution in [1.82, 2.24) is 0 Å². The number of rotatable bonds is 4. The van der Waals surface area contributed by atoms with Crippen LogP contribution in [-0.4, -0.2) is 30.4 Å². The van der Waals surface area contributed by atoms with Crippen LogP contribution in [0.2, 0.25) is 5.02 Å². The van der Waals surface area contributed by atoms with Crippen molar-refractivity contribution in [3.8, 4) is 11.5 Å². The summed E-state index contributed by atoms with van der Waals surface area (Å²) in [4.78, 5) is 10.7. The van der Waals surface area contributed by atoms with E-state index in [2.05, 4.69) is 0 Å². The molecule has 1 aromatic rings. The molecule has 5 nitrogen and oxygen atoms in total. The minimum Gasteiger partial charge on any atom is -0.489 e. The number of carboxylic acid groups (broad SMARTS) is 1. The summed E-state index contributed by atoms with van der Waals surface area (Å²) >= 11 is 6.12. The van der Waals surface area contributed by atoms with Gasteiger partial charge in [0.2, 0.25) is 0 Å². The molecule has 0 bridgehead atoms. The lowest BCUT2D eigenvalue weighted by Crippen LogP contribution is -2.19. The third-order valence-electron chi connectivity index (χ3n) is 2.71. The maximum atomic E-state index is 10.7. The number of halogens is 1. The molecule has 1 aliphatic heterocycles. The largest absolute Gasteiger partial charge is 0.489 e. The molecule has 2 rings (SSSR count). The summed E-state index contributed by atoms with van der Waals surface area (Å²) < 4.78 is 16.3. The van der Waals surface area contributed by atoms with Crippen molar-refractivity contribution in [2.24, 2.45) is 0 Å². The van der Waals surface area contributed by atoms with E-state index in [0.717, 1.165) is 12.0 Å². The zero-order chi connectivity index (χ0) is 13.8. The molecule has 1 aromatic carbocycles. The van der Waals surface area contributed by atoms with E-state index in [1.807, 2.05) is 0 Å². The molecule has 0 fully saturated rings. The lowest BCUT2D eigenvalue weighted by atomic mass is 10.2. The monoisotopic (exact) mass is 286 g/mol. The molecule has 19 heavy (non-hydrogen) atoms. The van der Waals surface area contributed by atoms with Crippen molar-refractivity contribution in [2.45, 2.75) is 26.1 Å². The quantitative estimate of drug-likeness (QED) is 0.921. The molecule has 1 N–H and O–H groups in total. The second kappa shape index (κ2) is 6.12. The van der Waals surface area contributed by atoms with Gasteiger partial charge in [0.1, 0.15) is 0 Å². The molecular formula is C13H15ClO5. The third kappa shape index (κ3) is 3.52. The van der Waals surface area contributed by atoms with Crippen LogP contribution in [-0.2, 0) is 16.1 Å². The van der Waals surface area contributed by atoms with E-state index in [-0.39, 0.29) is 6.61 Å². The molecule has 1 atom stereocenters. The van der Waals surface area contributed by atoms with Crippen LogP contribution in [0.5, 0.6) is 11.5 Å². The van der Waals surface area contributed by atoms with Crippen molar-refractivity contribution in [2.75, 3.05) is 13.2 Å². The Morgan fingerprint density at radius 1 is 1.47 bits per heavy atom. The van der Waals surface area contributed by atoms with Crippen LogP contribution in [0.25, 0.3) is 0 Å². The Morgan fingerprint density at radius 2 is 2.21 bits per heavy atom. The molecular weight excluding hydrogens is 272 g/mol. The van der Waals surface area contributed by atoms with Crippen molar-refractivity contribution >= 4 is 17.6 Å². The van der Waals surface area contributed by atoms with Crippen molar-refractivity contribution in [3.05, 3.63) is 22.7 Å². The van der Waals surface area contributed by atoms with Gasteiger partial charge in [-0.1, -0.05) is 11.6 Å². The lowest BCUT2D eigenvalue weighted by molar-refractivity contribution is -0.149. The van der Waals surface area contributed by atoms with Gasteiger partial charge in [0.15, 0.2) is 17.6 Å². The van der Waals surface area contributed by atoms with Crippen LogP contribution in [0.15, 0.2) is 12.1 Å². The molecule has 1 unspecified atom stereocenters. The molecule has 1 aliphatic rings. The Morgan fingerprint density at radius 3 is 2.95 bits per heavy atom. The van der Waals surface area contributed by atoms with Crippen molar-refractivity contribution < 1.29 is 24.1 Å². The highest BCUT2D eigenvalue weighted by Crippen LogP contribution is 2.38. The summed E-state index contributed by atoms with van der Waals surface area (Å²) in [5.41, 5.74) is 0.752. The first-order valence-electron chi connectivity index (χ1n) is 6.00. The summed E-state index contributed by atoms with van der Waals surface area (Å²) in [6.07, 6.45) is -0.0675. The SMILES string of the molecule is CC(OCc1cc(Cl)c2c(c1)OCCCO2)C(=O)O. The number of benzene rings is 1. The summed E-state index contributed by atoms with van der Waals surface area (Å²) in [6, 6.07) is 3.46. The number of ether oxygens (including phenoxy) is 3. The van der Waals surface area contributed by atoms with E-state index in [1.54, 1.807) is 12.1 Å². The smallest absolute Gasteiger partial charge is 0.332 e. The molecule has 0 aliphatic carbocycles. The second-order valence-corrected chi connectivity index (χ2v) is 4.65. The summed E-state index contributed by atoms with van der Waals surface area (Å²) in [7, 11) is 0. The minimum absolute atomic E-state index is 0.157. The van der Waals surface area contributed by atoms with Crippen LogP contribution < -0.4 is 9.47 Å². The fourth-order valence-corrected chi connectivity index (χ4v) is 1.95. The number of hydrogen-bond donors (Lipinski definition) is 1. The number of carbonyl (C=O) groups is 1. The van der Waals surface area contributed by atoms with E-state index in [0.29, 0.717) is 29.7 Å². The van der Waals surface area contributed by atoms with Gasteiger partial charge in [-0.15, -0.1) is 0 Å². The average Bonchev–Trinajstić information content (AvgIpc) is 2.61. The standard InChI is InChI=1S/C13H15ClO5/c1-8(13(15)16)19-7-9-5-10(14)12-11(6-9)17-3-2-4-18-12/h5-6,8H,2-4,7H2,1H3,(H,15,16). The summed E-state index contributed by atoms with van der Waals surface area (Å²) in [5.74, 6) is 0.112. The van der Waals surface area contributed by atoms with Gasteiger partial charge in [0.05, 0.1) is 24.8 Å². The molecule has 1 heterocycles. The lowest BCUT2D eigenvalue weighted by Gasteiger charge is -2.13. The number of hydrogen-bond acceptors (Lipinski definition) is 4. The molecule has 0 amide bonds. The maximum absolute atomic E-state index is 10.7. The van der Waals surface area contributed by atoms with E-state index in [4.69, 9.17) is 30.9 Å². The van der Waals surface area contributed by atoms with Gasteiger partial charge in [0.25, 0.3) is 0 Å². The predicted octanol–water partition coefficient (Wildman–Crippen LogP) is 2.49. The maximum Gasteiger partial charge on any atom is 0.332 e. The molecule has 0 spiro atoms. The Hall–Kier alpha value is -1.46. The number of carboxylic acids is 1. The topological polar surface area (TPSA) is 65.0 Å². The van der Waals surface area contributed by atoms with Gasteiger partial charge < -0.3 is 19.3 Å². The highest BCUT2D eigenvalue weighted by Gasteiger charge is 2.17. The molecule has 0 aromatic heterocycles. The van der Waals surface area contributed by atoms with Gasteiger partial charge in [-0.2, -0.15) is 0 Å². The van der Waals surface area contributed by atoms with Crippen LogP contribution in [0.4, 0.5) is 0 Å². The highest BCUT2D eigenvalue weighted by atomic mass is 35.5. The van der Waals surface area contributed by atoms with Crippen LogP contribution in [0.3, 0.4) is 0 Å². The molecule has 104 valence electrons. The van der Waals surface area contributed by atoms with E-state index < -0.39 is 12.1 Å². The molecule has 6 heteroatoms. The third-order valence-corrected chi connectivity index (χ3v) is 2.99. The zero-order valence-corrected chi connectivity index (χ0v) is 11.3. The van der Waals surface area contributed by atoms with Crippen LogP contribution in [0.1, 0.15) is 18.9 Å². The number of fused-ring (bicyclic) bond motifs is 1. The van der Waals surface area contributed by atoms with Gasteiger partial charge in [-0.05, 0) is 24.6 Å². The Labute approximate surface area is 116 Å². The first kappa shape index (κ1) is 14.0. The number of aliphatic carboxylic acids is 1. The van der Waals surface area contributed by atoms with Gasteiger partial charge in [0, 0.05) is 6.42 Å². The fourth-order valence-electron chi connectivity index (χ4n) is 1.66. The average molecular weight is 287 g/mol. The van der Waals surface area contributed by atoms with Gasteiger partial charge >= 0.3 is 5.97 Å². The Bertz CT molecular complexity index is 474. The van der Waals surface area contributed by atoms with Crippen LogP contribution >= 0.6 is 11.6 Å². The van der Waals surface area contributed by atoms with E-state index >= 15 is 0 Å². The van der Waals surface area contributed by atoms with Gasteiger partial charge in [-0.3, -0.25) is 0 Å². The minimum atomic E-state index is -1.000. The molecule has 0 saturated carbocycles. The Balaban J connectivity index is 2.12. The van der Waals surface area contributed by atoms with Crippen molar-refractivity contribution in [3.63, 3.8) is 0 Å². The van der Waals surface area contributed by atoms with E-state index in [1.165, 1.54) is 6.92 Å². The van der Waals surface area contributed by atoms with E-state index in [9.17, 15) is 4.79 Å².